The molecule has 0 amide bonds. The van der Waals surface area contributed by atoms with Gasteiger partial charge in [0.2, 0.25) is 0 Å². The summed E-state index contributed by atoms with van der Waals surface area (Å²) in [5.41, 5.74) is 18.7. The van der Waals surface area contributed by atoms with E-state index in [9.17, 15) is 0 Å². The number of fused-ring (bicyclic) bond motifs is 4. The first-order valence-electron chi connectivity index (χ1n) is 8.72. The van der Waals surface area contributed by atoms with Crippen molar-refractivity contribution in [2.24, 2.45) is 5.73 Å². The maximum Gasteiger partial charge on any atom is 0.131 e. The molecular formula is C22H20N2O. The molecular weight excluding hydrogens is 308 g/mol. The zero-order chi connectivity index (χ0) is 17.1. The Bertz CT molecular complexity index is 1070. The zero-order valence-corrected chi connectivity index (χ0v) is 14.2. The van der Waals surface area contributed by atoms with Crippen LogP contribution in [0.2, 0.25) is 0 Å². The van der Waals surface area contributed by atoms with Crippen molar-refractivity contribution in [3.63, 3.8) is 0 Å². The third kappa shape index (κ3) is 2.19. The van der Waals surface area contributed by atoms with Crippen LogP contribution in [0.15, 0.2) is 48.2 Å². The maximum atomic E-state index is 6.30. The summed E-state index contributed by atoms with van der Waals surface area (Å²) < 4.78 is 6.30. The monoisotopic (exact) mass is 328 g/mol. The van der Waals surface area contributed by atoms with E-state index in [4.69, 9.17) is 16.2 Å². The van der Waals surface area contributed by atoms with Gasteiger partial charge in [-0.1, -0.05) is 13.0 Å². The zero-order valence-electron chi connectivity index (χ0n) is 14.2. The molecule has 3 aromatic carbocycles. The Morgan fingerprint density at radius 2 is 1.68 bits per heavy atom. The Kier molecular flexibility index (Phi) is 2.90. The fourth-order valence-corrected chi connectivity index (χ4v) is 4.01. The highest BCUT2D eigenvalue weighted by Gasteiger charge is 2.26. The molecule has 2 aliphatic rings. The molecule has 1 atom stereocenters. The maximum absolute atomic E-state index is 6.30. The van der Waals surface area contributed by atoms with E-state index in [-0.39, 0.29) is 5.92 Å². The largest absolute Gasteiger partial charge is 0.457 e. The molecule has 3 aromatic rings. The van der Waals surface area contributed by atoms with E-state index in [0.29, 0.717) is 0 Å². The summed E-state index contributed by atoms with van der Waals surface area (Å²) in [6.07, 6.45) is 4.00. The molecule has 4 N–H and O–H groups in total. The SMILES string of the molecule is CC1c2cc3c(cc2Oc2cc4ccc(N)cc4cc21)CCC(N)=C3. The van der Waals surface area contributed by atoms with E-state index in [1.54, 1.807) is 0 Å². The number of anilines is 1. The lowest BCUT2D eigenvalue weighted by Gasteiger charge is -2.28. The van der Waals surface area contributed by atoms with Gasteiger partial charge in [-0.3, -0.25) is 0 Å². The van der Waals surface area contributed by atoms with E-state index in [1.165, 1.54) is 22.3 Å². The molecule has 0 fully saturated rings. The lowest BCUT2D eigenvalue weighted by molar-refractivity contribution is 0.449. The summed E-state index contributed by atoms with van der Waals surface area (Å²) >= 11 is 0. The van der Waals surface area contributed by atoms with Gasteiger partial charge < -0.3 is 16.2 Å². The molecule has 0 aromatic heterocycles. The molecule has 0 saturated heterocycles. The van der Waals surface area contributed by atoms with Gasteiger partial charge in [-0.05, 0) is 77.2 Å². The summed E-state index contributed by atoms with van der Waals surface area (Å²) in [5.74, 6) is 2.19. The van der Waals surface area contributed by atoms with E-state index in [1.807, 2.05) is 12.1 Å². The second kappa shape index (κ2) is 5.03. The number of hydrogen-bond donors (Lipinski definition) is 2. The molecule has 0 saturated carbocycles. The average molecular weight is 328 g/mol. The Labute approximate surface area is 146 Å². The highest BCUT2D eigenvalue weighted by atomic mass is 16.5. The van der Waals surface area contributed by atoms with Gasteiger partial charge in [-0.2, -0.15) is 0 Å². The fourth-order valence-electron chi connectivity index (χ4n) is 4.01. The van der Waals surface area contributed by atoms with Crippen molar-refractivity contribution < 1.29 is 4.74 Å². The molecule has 1 unspecified atom stereocenters. The van der Waals surface area contributed by atoms with Crippen LogP contribution < -0.4 is 16.2 Å². The predicted octanol–water partition coefficient (Wildman–Crippen LogP) is 4.93. The van der Waals surface area contributed by atoms with Crippen molar-refractivity contribution in [3.05, 3.63) is 70.4 Å². The number of nitrogens with two attached hydrogens (primary N) is 2. The van der Waals surface area contributed by atoms with Crippen molar-refractivity contribution in [2.45, 2.75) is 25.7 Å². The van der Waals surface area contributed by atoms with Crippen LogP contribution in [0.4, 0.5) is 5.69 Å². The van der Waals surface area contributed by atoms with Crippen molar-refractivity contribution in [1.82, 2.24) is 0 Å². The van der Waals surface area contributed by atoms with Gasteiger partial charge in [0.15, 0.2) is 0 Å². The first-order chi connectivity index (χ1) is 12.1. The van der Waals surface area contributed by atoms with Gasteiger partial charge in [0.05, 0.1) is 0 Å². The van der Waals surface area contributed by atoms with Crippen molar-refractivity contribution in [3.8, 4) is 11.5 Å². The fraction of sp³-hybridized carbons (Fsp3) is 0.182. The topological polar surface area (TPSA) is 61.3 Å². The van der Waals surface area contributed by atoms with Gasteiger partial charge in [-0.15, -0.1) is 0 Å². The molecule has 25 heavy (non-hydrogen) atoms. The van der Waals surface area contributed by atoms with Crippen molar-refractivity contribution >= 4 is 22.5 Å². The third-order valence-corrected chi connectivity index (χ3v) is 5.44. The number of ether oxygens (including phenoxy) is 1. The van der Waals surface area contributed by atoms with E-state index in [2.05, 4.69) is 43.3 Å². The quantitative estimate of drug-likeness (QED) is 0.575. The molecule has 0 spiro atoms. The lowest BCUT2D eigenvalue weighted by atomic mass is 9.84. The van der Waals surface area contributed by atoms with Crippen LogP contribution in [-0.4, -0.2) is 0 Å². The molecule has 124 valence electrons. The second-order valence-electron chi connectivity index (χ2n) is 7.13. The highest BCUT2D eigenvalue weighted by molar-refractivity contribution is 5.88. The molecule has 0 radical (unpaired) electrons. The minimum Gasteiger partial charge on any atom is -0.457 e. The molecule has 5 rings (SSSR count). The van der Waals surface area contributed by atoms with E-state index >= 15 is 0 Å². The van der Waals surface area contributed by atoms with Crippen LogP contribution in [0.5, 0.6) is 11.5 Å². The van der Waals surface area contributed by atoms with E-state index < -0.39 is 0 Å². The van der Waals surface area contributed by atoms with Gasteiger partial charge >= 0.3 is 0 Å². The number of hydrogen-bond acceptors (Lipinski definition) is 3. The Morgan fingerprint density at radius 3 is 2.56 bits per heavy atom. The second-order valence-corrected chi connectivity index (χ2v) is 7.13. The number of aryl methyl sites for hydroxylation is 1. The van der Waals surface area contributed by atoms with Crippen LogP contribution in [0.3, 0.4) is 0 Å². The normalized spacial score (nSPS) is 18.0. The summed E-state index contributed by atoms with van der Waals surface area (Å²) in [7, 11) is 0. The summed E-state index contributed by atoms with van der Waals surface area (Å²) in [4.78, 5) is 0. The van der Waals surface area contributed by atoms with Gasteiger partial charge in [-0.25, -0.2) is 0 Å². The number of nitrogen functional groups attached to an aromatic ring is 1. The van der Waals surface area contributed by atoms with Crippen LogP contribution in [-0.2, 0) is 6.42 Å². The molecule has 1 aliphatic carbocycles. The summed E-state index contributed by atoms with van der Waals surface area (Å²) in [6, 6.07) is 14.8. The number of rotatable bonds is 0. The minimum absolute atomic E-state index is 0.270. The Hall–Kier alpha value is -2.94. The predicted molar refractivity (Wildman–Crippen MR) is 103 cm³/mol. The Morgan fingerprint density at radius 1 is 0.880 bits per heavy atom. The summed E-state index contributed by atoms with van der Waals surface area (Å²) in [6.45, 7) is 2.24. The van der Waals surface area contributed by atoms with Crippen LogP contribution in [0.25, 0.3) is 16.8 Å². The molecule has 1 heterocycles. The first-order valence-corrected chi connectivity index (χ1v) is 8.72. The van der Waals surface area contributed by atoms with Crippen molar-refractivity contribution in [2.75, 3.05) is 5.73 Å². The molecule has 0 bridgehead atoms. The first kappa shape index (κ1) is 14.4. The smallest absolute Gasteiger partial charge is 0.131 e. The van der Waals surface area contributed by atoms with Crippen LogP contribution in [0, 0.1) is 0 Å². The molecule has 1 aliphatic heterocycles. The number of allylic oxidation sites excluding steroid dienone is 1. The Balaban J connectivity index is 1.69. The molecule has 3 nitrogen and oxygen atoms in total. The van der Waals surface area contributed by atoms with Gasteiger partial charge in [0, 0.05) is 28.4 Å². The summed E-state index contributed by atoms with van der Waals surface area (Å²) in [5, 5.41) is 2.30. The minimum atomic E-state index is 0.270. The third-order valence-electron chi connectivity index (χ3n) is 5.44. The average Bonchev–Trinajstić information content (AvgIpc) is 2.60. The van der Waals surface area contributed by atoms with Gasteiger partial charge in [0.1, 0.15) is 11.5 Å². The van der Waals surface area contributed by atoms with Crippen LogP contribution in [0.1, 0.15) is 41.5 Å². The van der Waals surface area contributed by atoms with E-state index in [0.717, 1.165) is 46.5 Å². The standard InChI is InChI=1S/C22H20N2O/c1-12-19-8-15-6-17(23)4-2-13(15)10-21(19)25-22-11-14-3-5-18(24)7-16(14)9-20(12)22/h2,4,6-12H,3,5,23-24H2,1H3. The highest BCUT2D eigenvalue weighted by Crippen LogP contribution is 2.47. The number of benzene rings is 3. The van der Waals surface area contributed by atoms with Gasteiger partial charge in [0.25, 0.3) is 0 Å². The lowest BCUT2D eigenvalue weighted by Crippen LogP contribution is -2.11. The van der Waals surface area contributed by atoms with Crippen molar-refractivity contribution in [1.29, 1.82) is 0 Å². The van der Waals surface area contributed by atoms with Crippen LogP contribution >= 0.6 is 0 Å². The molecule has 3 heteroatoms.